The minimum absolute atomic E-state index is 0.0891. The van der Waals surface area contributed by atoms with Gasteiger partial charge in [0.05, 0.1) is 22.6 Å². The largest absolute Gasteiger partial charge is 0.495 e. The van der Waals surface area contributed by atoms with Crippen LogP contribution in [0.4, 0.5) is 11.4 Å². The minimum Gasteiger partial charge on any atom is -0.495 e. The highest BCUT2D eigenvalue weighted by molar-refractivity contribution is 7.90. The van der Waals surface area contributed by atoms with Crippen molar-refractivity contribution in [3.05, 3.63) is 57.6 Å². The number of anilines is 1. The SMILES string of the molecule is COc1ccc(C(N)=O)cc1NC(=O)c1cc([N+](=O)[O-])cc(S(C)(=O)=O)c1. The normalized spacial score (nSPS) is 10.9. The van der Waals surface area contributed by atoms with Crippen molar-refractivity contribution in [2.45, 2.75) is 4.90 Å². The fourth-order valence-electron chi connectivity index (χ4n) is 2.19. The number of methoxy groups -OCH3 is 1. The Morgan fingerprint density at radius 2 is 1.81 bits per heavy atom. The lowest BCUT2D eigenvalue weighted by Crippen LogP contribution is -2.16. The number of ether oxygens (including phenoxy) is 1. The quantitative estimate of drug-likeness (QED) is 0.553. The Morgan fingerprint density at radius 3 is 2.33 bits per heavy atom. The molecule has 2 aromatic rings. The van der Waals surface area contributed by atoms with E-state index in [0.717, 1.165) is 24.5 Å². The number of nitrogens with two attached hydrogens (primary N) is 1. The van der Waals surface area contributed by atoms with Gasteiger partial charge in [0.25, 0.3) is 11.6 Å². The van der Waals surface area contributed by atoms with E-state index in [1.165, 1.54) is 25.3 Å². The first kappa shape index (κ1) is 19.8. The lowest BCUT2D eigenvalue weighted by Gasteiger charge is -2.12. The number of carbonyl (C=O) groups excluding carboxylic acids is 2. The molecule has 142 valence electrons. The molecule has 0 aliphatic heterocycles. The van der Waals surface area contributed by atoms with Crippen LogP contribution in [0.2, 0.25) is 0 Å². The summed E-state index contributed by atoms with van der Waals surface area (Å²) in [6.45, 7) is 0. The number of hydrogen-bond donors (Lipinski definition) is 2. The maximum absolute atomic E-state index is 12.5. The standard InChI is InChI=1S/C16H15N3O7S/c1-26-14-4-3-9(15(17)20)7-13(14)18-16(21)10-5-11(19(22)23)8-12(6-10)27(2,24)25/h3-8H,1-2H3,(H2,17,20)(H,18,21). The fourth-order valence-corrected chi connectivity index (χ4v) is 2.86. The van der Waals surface area contributed by atoms with Crippen molar-refractivity contribution >= 4 is 33.0 Å². The molecule has 0 bridgehead atoms. The fraction of sp³-hybridized carbons (Fsp3) is 0.125. The maximum atomic E-state index is 12.5. The van der Waals surface area contributed by atoms with Gasteiger partial charge < -0.3 is 15.8 Å². The highest BCUT2D eigenvalue weighted by Gasteiger charge is 2.20. The molecule has 27 heavy (non-hydrogen) atoms. The number of nitro groups is 1. The van der Waals surface area contributed by atoms with Crippen molar-refractivity contribution in [3.63, 3.8) is 0 Å². The van der Waals surface area contributed by atoms with Crippen molar-refractivity contribution in [1.82, 2.24) is 0 Å². The summed E-state index contributed by atoms with van der Waals surface area (Å²) in [7, 11) is -2.45. The molecule has 2 amide bonds. The van der Waals surface area contributed by atoms with E-state index in [4.69, 9.17) is 10.5 Å². The van der Waals surface area contributed by atoms with Crippen molar-refractivity contribution in [2.24, 2.45) is 5.73 Å². The first-order chi connectivity index (χ1) is 12.5. The first-order valence-electron chi connectivity index (χ1n) is 7.31. The third-order valence-electron chi connectivity index (χ3n) is 3.52. The Balaban J connectivity index is 2.50. The Bertz CT molecular complexity index is 1050. The van der Waals surface area contributed by atoms with Crippen LogP contribution in [0, 0.1) is 10.1 Å². The van der Waals surface area contributed by atoms with E-state index >= 15 is 0 Å². The molecule has 3 N–H and O–H groups in total. The number of sulfone groups is 1. The van der Waals surface area contributed by atoms with Crippen LogP contribution in [0.1, 0.15) is 20.7 Å². The van der Waals surface area contributed by atoms with E-state index in [0.29, 0.717) is 0 Å². The molecule has 11 heteroatoms. The number of hydrogen-bond acceptors (Lipinski definition) is 7. The predicted molar refractivity (Wildman–Crippen MR) is 95.7 cm³/mol. The van der Waals surface area contributed by atoms with E-state index in [2.05, 4.69) is 5.32 Å². The zero-order valence-corrected chi connectivity index (χ0v) is 15.1. The highest BCUT2D eigenvalue weighted by Crippen LogP contribution is 2.27. The molecule has 0 aliphatic carbocycles. The van der Waals surface area contributed by atoms with Gasteiger partial charge in [0, 0.05) is 29.5 Å². The second kappa shape index (κ2) is 7.41. The lowest BCUT2D eigenvalue weighted by atomic mass is 10.1. The Labute approximate surface area is 154 Å². The van der Waals surface area contributed by atoms with Crippen molar-refractivity contribution < 1.29 is 27.7 Å². The lowest BCUT2D eigenvalue weighted by molar-refractivity contribution is -0.385. The molecule has 0 heterocycles. The summed E-state index contributed by atoms with van der Waals surface area (Å²) in [5.41, 5.74) is 4.58. The maximum Gasteiger partial charge on any atom is 0.271 e. The zero-order valence-electron chi connectivity index (χ0n) is 14.3. The van der Waals surface area contributed by atoms with E-state index in [1.54, 1.807) is 0 Å². The van der Waals surface area contributed by atoms with Gasteiger partial charge in [0.15, 0.2) is 9.84 Å². The molecular weight excluding hydrogens is 378 g/mol. The van der Waals surface area contributed by atoms with Gasteiger partial charge >= 0.3 is 0 Å². The Morgan fingerprint density at radius 1 is 1.15 bits per heavy atom. The molecule has 0 spiro atoms. The molecule has 0 radical (unpaired) electrons. The number of nitrogens with one attached hydrogen (secondary N) is 1. The summed E-state index contributed by atoms with van der Waals surface area (Å²) < 4.78 is 28.6. The number of rotatable bonds is 6. The van der Waals surface area contributed by atoms with E-state index in [1.807, 2.05) is 0 Å². The number of nitro benzene ring substituents is 1. The monoisotopic (exact) mass is 393 g/mol. The van der Waals surface area contributed by atoms with E-state index in [9.17, 15) is 28.1 Å². The number of primary amides is 1. The van der Waals surface area contributed by atoms with Crippen LogP contribution in [0.5, 0.6) is 5.75 Å². The third kappa shape index (κ3) is 4.58. The first-order valence-corrected chi connectivity index (χ1v) is 9.21. The molecule has 0 aromatic heterocycles. The van der Waals surface area contributed by atoms with Crippen LogP contribution in [0.25, 0.3) is 0 Å². The highest BCUT2D eigenvalue weighted by atomic mass is 32.2. The molecule has 10 nitrogen and oxygen atoms in total. The Kier molecular flexibility index (Phi) is 5.45. The van der Waals surface area contributed by atoms with E-state index < -0.39 is 32.3 Å². The van der Waals surface area contributed by atoms with Crippen LogP contribution >= 0.6 is 0 Å². The molecule has 0 saturated heterocycles. The van der Waals surface area contributed by atoms with Crippen LogP contribution in [0.15, 0.2) is 41.3 Å². The van der Waals surface area contributed by atoms with Crippen LogP contribution in [-0.2, 0) is 9.84 Å². The van der Waals surface area contributed by atoms with Gasteiger partial charge in [0.1, 0.15) is 5.75 Å². The topological polar surface area (TPSA) is 159 Å². The zero-order chi connectivity index (χ0) is 20.4. The van der Waals surface area contributed by atoms with Crippen LogP contribution in [0.3, 0.4) is 0 Å². The number of benzene rings is 2. The van der Waals surface area contributed by atoms with Crippen molar-refractivity contribution in [3.8, 4) is 5.75 Å². The second-order valence-electron chi connectivity index (χ2n) is 5.48. The predicted octanol–water partition coefficient (Wildman–Crippen LogP) is 1.36. The van der Waals surface area contributed by atoms with Gasteiger partial charge in [-0.1, -0.05) is 0 Å². The van der Waals surface area contributed by atoms with Gasteiger partial charge in [-0.2, -0.15) is 0 Å². The molecule has 0 fully saturated rings. The van der Waals surface area contributed by atoms with Gasteiger partial charge in [-0.25, -0.2) is 8.42 Å². The summed E-state index contributed by atoms with van der Waals surface area (Å²) in [6, 6.07) is 6.89. The summed E-state index contributed by atoms with van der Waals surface area (Å²) in [6.07, 6.45) is 0.868. The summed E-state index contributed by atoms with van der Waals surface area (Å²) in [5, 5.41) is 13.5. The summed E-state index contributed by atoms with van der Waals surface area (Å²) in [5.74, 6) is -1.35. The second-order valence-corrected chi connectivity index (χ2v) is 7.49. The van der Waals surface area contributed by atoms with Gasteiger partial charge in [-0.05, 0) is 24.3 Å². The number of carbonyl (C=O) groups is 2. The molecule has 0 unspecified atom stereocenters. The van der Waals surface area contributed by atoms with Gasteiger partial charge in [-0.3, -0.25) is 19.7 Å². The molecule has 2 aromatic carbocycles. The number of amides is 2. The smallest absolute Gasteiger partial charge is 0.271 e. The molecule has 0 atom stereocenters. The summed E-state index contributed by atoms with van der Waals surface area (Å²) >= 11 is 0. The van der Waals surface area contributed by atoms with Gasteiger partial charge in [0.2, 0.25) is 5.91 Å². The summed E-state index contributed by atoms with van der Waals surface area (Å²) in [4.78, 5) is 33.7. The number of nitrogens with zero attached hydrogens (tertiary/aromatic N) is 1. The Hall–Kier alpha value is -3.47. The van der Waals surface area contributed by atoms with Crippen molar-refractivity contribution in [1.29, 1.82) is 0 Å². The molecule has 0 saturated carbocycles. The average molecular weight is 393 g/mol. The van der Waals surface area contributed by atoms with Crippen molar-refractivity contribution in [2.75, 3.05) is 18.7 Å². The molecular formula is C16H15N3O7S. The van der Waals surface area contributed by atoms with Gasteiger partial charge in [-0.15, -0.1) is 0 Å². The third-order valence-corrected chi connectivity index (χ3v) is 4.62. The van der Waals surface area contributed by atoms with E-state index in [-0.39, 0.29) is 27.5 Å². The molecule has 0 aliphatic rings. The van der Waals surface area contributed by atoms with Crippen LogP contribution in [-0.4, -0.2) is 38.5 Å². The van der Waals surface area contributed by atoms with Crippen LogP contribution < -0.4 is 15.8 Å². The minimum atomic E-state index is -3.79. The average Bonchev–Trinajstić information content (AvgIpc) is 2.60. The number of non-ortho nitro benzene ring substituents is 1. The molecule has 2 rings (SSSR count).